The van der Waals surface area contributed by atoms with Gasteiger partial charge >= 0.3 is 0 Å². The molecule has 1 atom stereocenters. The number of likely N-dealkylation sites (N-methyl/N-ethyl adjacent to an activating group) is 1. The van der Waals surface area contributed by atoms with E-state index in [9.17, 15) is 4.79 Å². The fourth-order valence-electron chi connectivity index (χ4n) is 1.98. The van der Waals surface area contributed by atoms with E-state index in [0.717, 1.165) is 6.54 Å². The highest BCUT2D eigenvalue weighted by molar-refractivity contribution is 5.77. The van der Waals surface area contributed by atoms with E-state index in [2.05, 4.69) is 29.4 Å². The normalized spacial score (nSPS) is 22.3. The summed E-state index contributed by atoms with van der Waals surface area (Å²) < 4.78 is 0. The van der Waals surface area contributed by atoms with Crippen LogP contribution in [0.1, 0.15) is 20.3 Å². The molecule has 1 amide bonds. The first-order chi connectivity index (χ1) is 7.13. The second-order valence-corrected chi connectivity index (χ2v) is 4.55. The molecule has 1 fully saturated rings. The van der Waals surface area contributed by atoms with Crippen molar-refractivity contribution in [3.63, 3.8) is 0 Å². The number of rotatable bonds is 5. The van der Waals surface area contributed by atoms with Crippen LogP contribution in [0.5, 0.6) is 0 Å². The molecule has 1 aliphatic heterocycles. The van der Waals surface area contributed by atoms with Crippen molar-refractivity contribution in [2.45, 2.75) is 26.3 Å². The Morgan fingerprint density at radius 3 is 2.80 bits per heavy atom. The number of carbonyl (C=O) groups excluding carboxylic acids is 1. The van der Waals surface area contributed by atoms with Crippen LogP contribution in [-0.4, -0.2) is 50.1 Å². The van der Waals surface area contributed by atoms with Gasteiger partial charge in [-0.3, -0.25) is 4.79 Å². The highest BCUT2D eigenvalue weighted by Crippen LogP contribution is 2.17. The lowest BCUT2D eigenvalue weighted by Gasteiger charge is -2.20. The molecule has 4 nitrogen and oxygen atoms in total. The van der Waals surface area contributed by atoms with Crippen molar-refractivity contribution >= 4 is 5.91 Å². The Morgan fingerprint density at radius 1 is 1.53 bits per heavy atom. The fraction of sp³-hybridized carbons (Fsp3) is 0.909. The van der Waals surface area contributed by atoms with Gasteiger partial charge in [-0.25, -0.2) is 0 Å². The minimum absolute atomic E-state index is 0.0636. The summed E-state index contributed by atoms with van der Waals surface area (Å²) in [6.07, 6.45) is 1.25. The summed E-state index contributed by atoms with van der Waals surface area (Å²) in [5.74, 6) is 0.769. The van der Waals surface area contributed by atoms with Gasteiger partial charge in [0.1, 0.15) is 0 Å². The molecule has 15 heavy (non-hydrogen) atoms. The van der Waals surface area contributed by atoms with Crippen LogP contribution >= 0.6 is 0 Å². The number of likely N-dealkylation sites (tertiary alicyclic amines) is 1. The maximum absolute atomic E-state index is 11.0. The lowest BCUT2D eigenvalue weighted by atomic mass is 10.1. The molecule has 1 aliphatic rings. The number of hydrogen-bond acceptors (Lipinski definition) is 3. The summed E-state index contributed by atoms with van der Waals surface area (Å²) in [6.45, 7) is 8.23. The number of amides is 1. The SMILES string of the molecule is CNC(=O)CNCC1CCN(C(C)C)C1. The zero-order chi connectivity index (χ0) is 11.3. The summed E-state index contributed by atoms with van der Waals surface area (Å²) in [4.78, 5) is 13.5. The van der Waals surface area contributed by atoms with Crippen LogP contribution in [0.3, 0.4) is 0 Å². The Bertz CT molecular complexity index is 206. The molecule has 0 saturated carbocycles. The molecular weight excluding hydrogens is 190 g/mol. The van der Waals surface area contributed by atoms with Gasteiger partial charge in [-0.2, -0.15) is 0 Å². The Morgan fingerprint density at radius 2 is 2.27 bits per heavy atom. The molecule has 0 spiro atoms. The molecule has 88 valence electrons. The maximum Gasteiger partial charge on any atom is 0.233 e. The van der Waals surface area contributed by atoms with Gasteiger partial charge in [0, 0.05) is 19.6 Å². The van der Waals surface area contributed by atoms with Crippen molar-refractivity contribution in [2.24, 2.45) is 5.92 Å². The monoisotopic (exact) mass is 213 g/mol. The van der Waals surface area contributed by atoms with Gasteiger partial charge in [-0.05, 0) is 39.3 Å². The molecule has 1 unspecified atom stereocenters. The Labute approximate surface area is 92.4 Å². The highest BCUT2D eigenvalue weighted by Gasteiger charge is 2.23. The lowest BCUT2D eigenvalue weighted by molar-refractivity contribution is -0.119. The van der Waals surface area contributed by atoms with Crippen molar-refractivity contribution in [1.29, 1.82) is 0 Å². The molecule has 0 aromatic rings. The van der Waals surface area contributed by atoms with E-state index in [1.165, 1.54) is 19.5 Å². The van der Waals surface area contributed by atoms with E-state index in [1.807, 2.05) is 0 Å². The number of carbonyl (C=O) groups is 1. The second kappa shape index (κ2) is 6.08. The first kappa shape index (κ1) is 12.5. The van der Waals surface area contributed by atoms with Gasteiger partial charge in [0.25, 0.3) is 0 Å². The van der Waals surface area contributed by atoms with Crippen molar-refractivity contribution in [2.75, 3.05) is 33.2 Å². The molecule has 4 heteroatoms. The minimum atomic E-state index is 0.0636. The zero-order valence-corrected chi connectivity index (χ0v) is 10.0. The molecule has 1 rings (SSSR count). The smallest absolute Gasteiger partial charge is 0.233 e. The van der Waals surface area contributed by atoms with Gasteiger partial charge in [0.2, 0.25) is 5.91 Å². The summed E-state index contributed by atoms with van der Waals surface area (Å²) in [5, 5.41) is 5.80. The Balaban J connectivity index is 2.11. The van der Waals surface area contributed by atoms with Gasteiger partial charge in [-0.15, -0.1) is 0 Å². The summed E-state index contributed by atoms with van der Waals surface area (Å²) in [6, 6.07) is 0.647. The van der Waals surface area contributed by atoms with E-state index in [-0.39, 0.29) is 5.91 Å². The Kier molecular flexibility index (Phi) is 5.05. The second-order valence-electron chi connectivity index (χ2n) is 4.55. The van der Waals surface area contributed by atoms with Crippen LogP contribution in [0.15, 0.2) is 0 Å². The topological polar surface area (TPSA) is 44.4 Å². The van der Waals surface area contributed by atoms with Crippen LogP contribution < -0.4 is 10.6 Å². The summed E-state index contributed by atoms with van der Waals surface area (Å²) >= 11 is 0. The van der Waals surface area contributed by atoms with Crippen LogP contribution in [0.2, 0.25) is 0 Å². The number of nitrogens with one attached hydrogen (secondary N) is 2. The molecule has 0 aliphatic carbocycles. The number of hydrogen-bond donors (Lipinski definition) is 2. The highest BCUT2D eigenvalue weighted by atomic mass is 16.1. The summed E-state index contributed by atoms with van der Waals surface area (Å²) in [7, 11) is 1.67. The van der Waals surface area contributed by atoms with E-state index in [4.69, 9.17) is 0 Å². The standard InChI is InChI=1S/C11H23N3O/c1-9(2)14-5-4-10(8-14)6-13-7-11(15)12-3/h9-10,13H,4-8H2,1-3H3,(H,12,15). The van der Waals surface area contributed by atoms with E-state index in [0.29, 0.717) is 18.5 Å². The predicted octanol–water partition coefficient (Wildman–Crippen LogP) is 0.0523. The molecule has 1 heterocycles. The molecule has 0 aromatic carbocycles. The van der Waals surface area contributed by atoms with Gasteiger partial charge in [-0.1, -0.05) is 0 Å². The molecule has 1 saturated heterocycles. The van der Waals surface area contributed by atoms with Crippen LogP contribution in [-0.2, 0) is 4.79 Å². The Hall–Kier alpha value is -0.610. The van der Waals surface area contributed by atoms with Crippen LogP contribution in [0, 0.1) is 5.92 Å². The molecule has 0 radical (unpaired) electrons. The molecule has 0 aromatic heterocycles. The summed E-state index contributed by atoms with van der Waals surface area (Å²) in [5.41, 5.74) is 0. The average Bonchev–Trinajstić information content (AvgIpc) is 2.66. The van der Waals surface area contributed by atoms with Crippen molar-refractivity contribution in [3.8, 4) is 0 Å². The van der Waals surface area contributed by atoms with Crippen LogP contribution in [0.25, 0.3) is 0 Å². The third-order valence-corrected chi connectivity index (χ3v) is 3.04. The minimum Gasteiger partial charge on any atom is -0.358 e. The van der Waals surface area contributed by atoms with Gasteiger partial charge in [0.05, 0.1) is 6.54 Å². The first-order valence-electron chi connectivity index (χ1n) is 5.78. The maximum atomic E-state index is 11.0. The van der Waals surface area contributed by atoms with Gasteiger partial charge < -0.3 is 15.5 Å². The molecular formula is C11H23N3O. The first-order valence-corrected chi connectivity index (χ1v) is 5.78. The average molecular weight is 213 g/mol. The van der Waals surface area contributed by atoms with E-state index in [1.54, 1.807) is 7.05 Å². The van der Waals surface area contributed by atoms with Crippen molar-refractivity contribution in [1.82, 2.24) is 15.5 Å². The largest absolute Gasteiger partial charge is 0.358 e. The van der Waals surface area contributed by atoms with Crippen LogP contribution in [0.4, 0.5) is 0 Å². The predicted molar refractivity (Wildman–Crippen MR) is 61.8 cm³/mol. The lowest BCUT2D eigenvalue weighted by Crippen LogP contribution is -2.35. The van der Waals surface area contributed by atoms with E-state index < -0.39 is 0 Å². The zero-order valence-electron chi connectivity index (χ0n) is 10.0. The third kappa shape index (κ3) is 4.18. The molecule has 0 bridgehead atoms. The third-order valence-electron chi connectivity index (χ3n) is 3.04. The van der Waals surface area contributed by atoms with Crippen molar-refractivity contribution in [3.05, 3.63) is 0 Å². The van der Waals surface area contributed by atoms with Crippen molar-refractivity contribution < 1.29 is 4.79 Å². The van der Waals surface area contributed by atoms with Gasteiger partial charge in [0.15, 0.2) is 0 Å². The van der Waals surface area contributed by atoms with E-state index >= 15 is 0 Å². The quantitative estimate of drug-likeness (QED) is 0.678. The number of nitrogens with zero attached hydrogens (tertiary/aromatic N) is 1. The fourth-order valence-corrected chi connectivity index (χ4v) is 1.98. The molecule has 2 N–H and O–H groups in total.